The van der Waals surface area contributed by atoms with E-state index in [1.54, 1.807) is 15.3 Å². The molecule has 0 saturated heterocycles. The third-order valence-electron chi connectivity index (χ3n) is 2.49. The lowest BCUT2D eigenvalue weighted by atomic mass is 10.4. The first-order valence-corrected chi connectivity index (χ1v) is 6.28. The van der Waals surface area contributed by atoms with Gasteiger partial charge in [-0.1, -0.05) is 11.4 Å². The second kappa shape index (κ2) is 5.13. The molecule has 92 valence electrons. The minimum atomic E-state index is 0.00176. The molecule has 0 radical (unpaired) electrons. The molecular weight excluding hydrogens is 238 g/mol. The minimum absolute atomic E-state index is 0.00176. The number of imidazole rings is 1. The van der Waals surface area contributed by atoms with Gasteiger partial charge in [0.05, 0.1) is 6.54 Å². The number of hydrogen-bond acceptors (Lipinski definition) is 5. The average Bonchev–Trinajstić information content (AvgIpc) is 2.91. The topological polar surface area (TPSA) is 64.7 Å². The first-order valence-electron chi connectivity index (χ1n) is 5.50. The smallest absolute Gasteiger partial charge is 0.328 e. The van der Waals surface area contributed by atoms with Crippen molar-refractivity contribution in [3.05, 3.63) is 28.6 Å². The van der Waals surface area contributed by atoms with Crippen molar-refractivity contribution in [1.29, 1.82) is 0 Å². The van der Waals surface area contributed by atoms with E-state index in [1.807, 2.05) is 20.2 Å². The second-order valence-electron chi connectivity index (χ2n) is 3.70. The molecule has 1 N–H and O–H groups in total. The van der Waals surface area contributed by atoms with Crippen LogP contribution in [0, 0.1) is 0 Å². The number of anilines is 1. The summed E-state index contributed by atoms with van der Waals surface area (Å²) in [7, 11) is 1.82. The van der Waals surface area contributed by atoms with Crippen molar-refractivity contribution in [2.75, 3.05) is 12.4 Å². The van der Waals surface area contributed by atoms with E-state index in [0.717, 1.165) is 23.7 Å². The van der Waals surface area contributed by atoms with Crippen LogP contribution in [0.3, 0.4) is 0 Å². The van der Waals surface area contributed by atoms with E-state index in [1.165, 1.54) is 11.5 Å². The molecule has 6 nitrogen and oxygen atoms in total. The van der Waals surface area contributed by atoms with Gasteiger partial charge in [0, 0.05) is 37.5 Å². The van der Waals surface area contributed by atoms with Gasteiger partial charge in [0.15, 0.2) is 0 Å². The van der Waals surface area contributed by atoms with Crippen LogP contribution in [0.25, 0.3) is 0 Å². The molecule has 2 aromatic rings. The molecule has 0 unspecified atom stereocenters. The summed E-state index contributed by atoms with van der Waals surface area (Å²) in [6.07, 6.45) is 4.55. The van der Waals surface area contributed by atoms with Crippen molar-refractivity contribution in [2.24, 2.45) is 0 Å². The highest BCUT2D eigenvalue weighted by atomic mass is 32.1. The highest BCUT2D eigenvalue weighted by Gasteiger charge is 2.09. The Labute approximate surface area is 103 Å². The third kappa shape index (κ3) is 2.38. The highest BCUT2D eigenvalue weighted by Crippen LogP contribution is 2.16. The van der Waals surface area contributed by atoms with Crippen molar-refractivity contribution >= 4 is 16.5 Å². The Morgan fingerprint density at radius 3 is 2.88 bits per heavy atom. The van der Waals surface area contributed by atoms with Gasteiger partial charge >= 0.3 is 5.69 Å². The monoisotopic (exact) mass is 253 g/mol. The maximum absolute atomic E-state index is 11.9. The zero-order valence-corrected chi connectivity index (χ0v) is 10.7. The van der Waals surface area contributed by atoms with Gasteiger partial charge in [-0.2, -0.15) is 0 Å². The van der Waals surface area contributed by atoms with E-state index in [9.17, 15) is 4.79 Å². The molecule has 17 heavy (non-hydrogen) atoms. The average molecular weight is 253 g/mol. The fraction of sp³-hybridized carbons (Fsp3) is 0.500. The molecule has 0 aromatic carbocycles. The molecule has 0 aliphatic heterocycles. The summed E-state index contributed by atoms with van der Waals surface area (Å²) in [6.45, 7) is 3.26. The summed E-state index contributed by atoms with van der Waals surface area (Å²) in [5.74, 6) is 0. The van der Waals surface area contributed by atoms with Crippen LogP contribution in [0.4, 0.5) is 5.00 Å². The molecule has 0 spiro atoms. The zero-order chi connectivity index (χ0) is 12.3. The summed E-state index contributed by atoms with van der Waals surface area (Å²) < 4.78 is 7.22. The number of aryl methyl sites for hydroxylation is 1. The van der Waals surface area contributed by atoms with Crippen molar-refractivity contribution in [1.82, 2.24) is 18.7 Å². The molecule has 2 rings (SSSR count). The quantitative estimate of drug-likeness (QED) is 0.863. The van der Waals surface area contributed by atoms with Crippen LogP contribution in [0.1, 0.15) is 19.0 Å². The maximum Gasteiger partial charge on any atom is 0.328 e. The summed E-state index contributed by atoms with van der Waals surface area (Å²) in [6, 6.07) is 0. The van der Waals surface area contributed by atoms with Crippen molar-refractivity contribution < 1.29 is 0 Å². The van der Waals surface area contributed by atoms with Gasteiger partial charge in [0.1, 0.15) is 10.7 Å². The molecule has 0 bridgehead atoms. The molecular formula is C10H15N5OS. The predicted molar refractivity (Wildman–Crippen MR) is 67.5 cm³/mol. The fourth-order valence-corrected chi connectivity index (χ4v) is 2.17. The van der Waals surface area contributed by atoms with Gasteiger partial charge in [-0.25, -0.2) is 4.79 Å². The Balaban J connectivity index is 2.22. The van der Waals surface area contributed by atoms with E-state index in [2.05, 4.69) is 14.9 Å². The Morgan fingerprint density at radius 2 is 2.18 bits per heavy atom. The molecule has 0 fully saturated rings. The summed E-state index contributed by atoms with van der Waals surface area (Å²) in [4.78, 5) is 11.9. The van der Waals surface area contributed by atoms with E-state index in [4.69, 9.17) is 0 Å². The Morgan fingerprint density at radius 1 is 1.41 bits per heavy atom. The number of aromatic nitrogens is 4. The second-order valence-corrected chi connectivity index (χ2v) is 4.45. The van der Waals surface area contributed by atoms with Gasteiger partial charge in [-0.05, 0) is 6.42 Å². The first kappa shape index (κ1) is 11.8. The third-order valence-corrected chi connectivity index (χ3v) is 3.27. The van der Waals surface area contributed by atoms with Crippen LogP contribution in [0.5, 0.6) is 0 Å². The van der Waals surface area contributed by atoms with Crippen LogP contribution in [0.2, 0.25) is 0 Å². The van der Waals surface area contributed by atoms with Crippen LogP contribution in [0.15, 0.2) is 17.2 Å². The standard InChI is InChI=1S/C10H15N5OS/c1-3-4-14-5-6-15(10(14)16)7-8-9(11-2)17-13-12-8/h5-6,11H,3-4,7H2,1-2H3. The van der Waals surface area contributed by atoms with Gasteiger partial charge in [-0.15, -0.1) is 5.10 Å². The van der Waals surface area contributed by atoms with E-state index in [-0.39, 0.29) is 5.69 Å². The van der Waals surface area contributed by atoms with Gasteiger partial charge in [-0.3, -0.25) is 9.13 Å². The molecule has 0 amide bonds. The van der Waals surface area contributed by atoms with Gasteiger partial charge in [0.25, 0.3) is 0 Å². The molecule has 0 aliphatic carbocycles. The van der Waals surface area contributed by atoms with Crippen LogP contribution in [-0.2, 0) is 13.1 Å². The lowest BCUT2D eigenvalue weighted by Gasteiger charge is -2.01. The van der Waals surface area contributed by atoms with Crippen molar-refractivity contribution in [2.45, 2.75) is 26.4 Å². The molecule has 0 saturated carbocycles. The fourth-order valence-electron chi connectivity index (χ4n) is 1.65. The SMILES string of the molecule is CCCn1ccn(Cc2nnsc2NC)c1=O. The normalized spacial score (nSPS) is 10.7. The van der Waals surface area contributed by atoms with E-state index < -0.39 is 0 Å². The Hall–Kier alpha value is -1.63. The lowest BCUT2D eigenvalue weighted by Crippen LogP contribution is -2.24. The summed E-state index contributed by atoms with van der Waals surface area (Å²) >= 11 is 1.30. The number of nitrogens with one attached hydrogen (secondary N) is 1. The molecule has 7 heteroatoms. The van der Waals surface area contributed by atoms with E-state index in [0.29, 0.717) is 6.54 Å². The number of rotatable bonds is 5. The molecule has 0 atom stereocenters. The summed E-state index contributed by atoms with van der Waals surface area (Å²) in [5.41, 5.74) is 0.802. The maximum atomic E-state index is 11.9. The van der Waals surface area contributed by atoms with Crippen molar-refractivity contribution in [3.8, 4) is 0 Å². The van der Waals surface area contributed by atoms with Crippen LogP contribution >= 0.6 is 11.5 Å². The minimum Gasteiger partial charge on any atom is -0.377 e. The predicted octanol–water partition coefficient (Wildman–Crippen LogP) is 1.00. The molecule has 2 heterocycles. The highest BCUT2D eigenvalue weighted by molar-refractivity contribution is 7.10. The van der Waals surface area contributed by atoms with Crippen LogP contribution < -0.4 is 11.0 Å². The lowest BCUT2D eigenvalue weighted by molar-refractivity contribution is 0.621. The largest absolute Gasteiger partial charge is 0.377 e. The molecule has 0 aliphatic rings. The number of hydrogen-bond donors (Lipinski definition) is 1. The summed E-state index contributed by atoms with van der Waals surface area (Å²) in [5, 5.41) is 7.94. The Bertz CT molecular complexity index is 541. The zero-order valence-electron chi connectivity index (χ0n) is 9.88. The van der Waals surface area contributed by atoms with Crippen LogP contribution in [-0.4, -0.2) is 25.8 Å². The number of nitrogens with zero attached hydrogens (tertiary/aromatic N) is 4. The molecule has 2 aromatic heterocycles. The Kier molecular flexibility index (Phi) is 3.58. The van der Waals surface area contributed by atoms with Gasteiger partial charge < -0.3 is 5.32 Å². The van der Waals surface area contributed by atoms with Gasteiger partial charge in [0.2, 0.25) is 0 Å². The first-order chi connectivity index (χ1) is 8.26. The van der Waals surface area contributed by atoms with Crippen molar-refractivity contribution in [3.63, 3.8) is 0 Å². The van der Waals surface area contributed by atoms with E-state index >= 15 is 0 Å².